The highest BCUT2D eigenvalue weighted by molar-refractivity contribution is 7.89. The van der Waals surface area contributed by atoms with Crippen molar-refractivity contribution in [3.63, 3.8) is 0 Å². The number of ether oxygens (including phenoxy) is 2. The van der Waals surface area contributed by atoms with E-state index in [0.717, 1.165) is 30.8 Å². The van der Waals surface area contributed by atoms with Crippen LogP contribution in [0.25, 0.3) is 0 Å². The molecule has 0 radical (unpaired) electrons. The molecule has 1 N–H and O–H groups in total. The van der Waals surface area contributed by atoms with E-state index >= 15 is 0 Å². The average Bonchev–Trinajstić information content (AvgIpc) is 2.68. The fraction of sp³-hybridized carbons (Fsp3) is 0.400. The molecular formula is C20H26N2O4S. The Kier molecular flexibility index (Phi) is 6.23. The lowest BCUT2D eigenvalue weighted by molar-refractivity contribution is 0.340. The molecule has 1 fully saturated rings. The van der Waals surface area contributed by atoms with Crippen molar-refractivity contribution < 1.29 is 17.9 Å². The van der Waals surface area contributed by atoms with E-state index in [2.05, 4.69) is 9.62 Å². The Morgan fingerprint density at radius 1 is 1.15 bits per heavy atom. The molecule has 6 nitrogen and oxygen atoms in total. The Balaban J connectivity index is 1.71. The molecule has 1 saturated heterocycles. The zero-order chi connectivity index (χ0) is 19.3. The second-order valence-corrected chi connectivity index (χ2v) is 8.20. The van der Waals surface area contributed by atoms with Crippen LogP contribution in [0.3, 0.4) is 0 Å². The number of rotatable bonds is 7. The Morgan fingerprint density at radius 3 is 2.59 bits per heavy atom. The maximum Gasteiger partial charge on any atom is 0.240 e. The molecule has 7 heteroatoms. The second kappa shape index (κ2) is 8.63. The van der Waals surface area contributed by atoms with Crippen LogP contribution in [-0.2, 0) is 10.0 Å². The van der Waals surface area contributed by atoms with Gasteiger partial charge < -0.3 is 14.4 Å². The molecule has 27 heavy (non-hydrogen) atoms. The first-order valence-corrected chi connectivity index (χ1v) is 10.6. The third-order valence-corrected chi connectivity index (χ3v) is 6.15. The van der Waals surface area contributed by atoms with Crippen molar-refractivity contribution in [1.29, 1.82) is 0 Å². The van der Waals surface area contributed by atoms with Gasteiger partial charge in [-0.1, -0.05) is 12.1 Å². The second-order valence-electron chi connectivity index (χ2n) is 6.48. The molecule has 0 spiro atoms. The van der Waals surface area contributed by atoms with Crippen molar-refractivity contribution in [3.8, 4) is 11.5 Å². The van der Waals surface area contributed by atoms with Crippen molar-refractivity contribution in [2.24, 2.45) is 0 Å². The molecule has 1 aliphatic rings. The molecule has 2 aromatic rings. The maximum atomic E-state index is 12.7. The van der Waals surface area contributed by atoms with E-state index in [9.17, 15) is 8.42 Å². The molecule has 2 aromatic carbocycles. The number of nitrogens with zero attached hydrogens (tertiary/aromatic N) is 1. The molecule has 1 heterocycles. The summed E-state index contributed by atoms with van der Waals surface area (Å²) >= 11 is 0. The highest BCUT2D eigenvalue weighted by Gasteiger charge is 2.26. The summed E-state index contributed by atoms with van der Waals surface area (Å²) in [6.07, 6.45) is 1.72. The Labute approximate surface area is 161 Å². The van der Waals surface area contributed by atoms with Gasteiger partial charge in [0, 0.05) is 19.1 Å². The highest BCUT2D eigenvalue weighted by atomic mass is 32.2. The van der Waals surface area contributed by atoms with Gasteiger partial charge in [0.25, 0.3) is 0 Å². The number of piperidine rings is 1. The van der Waals surface area contributed by atoms with Crippen molar-refractivity contribution in [1.82, 2.24) is 4.72 Å². The monoisotopic (exact) mass is 390 g/mol. The van der Waals surface area contributed by atoms with Gasteiger partial charge in [-0.15, -0.1) is 0 Å². The van der Waals surface area contributed by atoms with Crippen LogP contribution in [0.1, 0.15) is 19.8 Å². The summed E-state index contributed by atoms with van der Waals surface area (Å²) in [5, 5.41) is 0. The number of anilines is 1. The molecule has 1 aliphatic heterocycles. The first kappa shape index (κ1) is 19.5. The summed E-state index contributed by atoms with van der Waals surface area (Å²) in [5.41, 5.74) is 0.991. The normalized spacial score (nSPS) is 17.6. The van der Waals surface area contributed by atoms with E-state index < -0.39 is 10.0 Å². The van der Waals surface area contributed by atoms with Crippen LogP contribution in [0, 0.1) is 0 Å². The summed E-state index contributed by atoms with van der Waals surface area (Å²) in [6, 6.07) is 14.2. The van der Waals surface area contributed by atoms with Gasteiger partial charge in [-0.3, -0.25) is 0 Å². The summed E-state index contributed by atoms with van der Waals surface area (Å²) in [5.74, 6) is 1.46. The lowest BCUT2D eigenvalue weighted by Gasteiger charge is -2.35. The molecule has 1 atom stereocenters. The summed E-state index contributed by atoms with van der Waals surface area (Å²) < 4.78 is 39.1. The van der Waals surface area contributed by atoms with Crippen LogP contribution in [-0.4, -0.2) is 41.3 Å². The van der Waals surface area contributed by atoms with Crippen LogP contribution in [0.4, 0.5) is 5.69 Å². The summed E-state index contributed by atoms with van der Waals surface area (Å²) in [6.45, 7) is 3.92. The molecule has 0 aliphatic carbocycles. The number of para-hydroxylation sites is 2. The minimum atomic E-state index is -3.58. The van der Waals surface area contributed by atoms with Crippen molar-refractivity contribution >= 4 is 15.7 Å². The van der Waals surface area contributed by atoms with Crippen molar-refractivity contribution in [2.45, 2.75) is 30.7 Å². The predicted molar refractivity (Wildman–Crippen MR) is 106 cm³/mol. The van der Waals surface area contributed by atoms with Gasteiger partial charge in [-0.05, 0) is 56.2 Å². The minimum absolute atomic E-state index is 0.153. The SMILES string of the molecule is CCOc1ccc(S(=O)(=O)NC2CCCN(c3ccccc3OC)C2)cc1. The highest BCUT2D eigenvalue weighted by Crippen LogP contribution is 2.30. The van der Waals surface area contributed by atoms with E-state index in [1.165, 1.54) is 0 Å². The molecule has 146 valence electrons. The number of methoxy groups -OCH3 is 1. The largest absolute Gasteiger partial charge is 0.495 e. The third kappa shape index (κ3) is 4.73. The Morgan fingerprint density at radius 2 is 1.89 bits per heavy atom. The standard InChI is InChI=1S/C20H26N2O4S/c1-3-26-17-10-12-18(13-11-17)27(23,24)21-16-7-6-14-22(15-16)19-8-4-5-9-20(19)25-2/h4-5,8-13,16,21H,3,6-7,14-15H2,1-2H3. The van der Waals surface area contributed by atoms with Crippen molar-refractivity contribution in [2.75, 3.05) is 31.7 Å². The van der Waals surface area contributed by atoms with Crippen LogP contribution >= 0.6 is 0 Å². The van der Waals surface area contributed by atoms with E-state index in [-0.39, 0.29) is 10.9 Å². The van der Waals surface area contributed by atoms with Gasteiger partial charge in [0.15, 0.2) is 0 Å². The van der Waals surface area contributed by atoms with Gasteiger partial charge in [0.2, 0.25) is 10.0 Å². The van der Waals surface area contributed by atoms with Crippen LogP contribution in [0.15, 0.2) is 53.4 Å². The minimum Gasteiger partial charge on any atom is -0.495 e. The average molecular weight is 391 g/mol. The fourth-order valence-electron chi connectivity index (χ4n) is 3.35. The first-order chi connectivity index (χ1) is 13.0. The zero-order valence-corrected chi connectivity index (χ0v) is 16.5. The quantitative estimate of drug-likeness (QED) is 0.787. The smallest absolute Gasteiger partial charge is 0.240 e. The number of hydrogen-bond acceptors (Lipinski definition) is 5. The van der Waals surface area contributed by atoms with Crippen molar-refractivity contribution in [3.05, 3.63) is 48.5 Å². The molecule has 0 saturated carbocycles. The maximum absolute atomic E-state index is 12.7. The van der Waals surface area contributed by atoms with Gasteiger partial charge in [-0.2, -0.15) is 0 Å². The fourth-order valence-corrected chi connectivity index (χ4v) is 4.61. The molecule has 0 aromatic heterocycles. The number of sulfonamides is 1. The summed E-state index contributed by atoms with van der Waals surface area (Å²) in [4.78, 5) is 2.42. The predicted octanol–water partition coefficient (Wildman–Crippen LogP) is 3.04. The van der Waals surface area contributed by atoms with E-state index in [1.54, 1.807) is 31.4 Å². The van der Waals surface area contributed by atoms with Gasteiger partial charge in [-0.25, -0.2) is 13.1 Å². The van der Waals surface area contributed by atoms with E-state index in [0.29, 0.717) is 18.9 Å². The third-order valence-electron chi connectivity index (χ3n) is 4.61. The molecule has 1 unspecified atom stereocenters. The lowest BCUT2D eigenvalue weighted by Crippen LogP contribution is -2.47. The van der Waals surface area contributed by atoms with Gasteiger partial charge in [0.05, 0.1) is 24.3 Å². The molecular weight excluding hydrogens is 364 g/mol. The Hall–Kier alpha value is -2.25. The molecule has 3 rings (SSSR count). The van der Waals surface area contributed by atoms with E-state index in [1.807, 2.05) is 31.2 Å². The van der Waals surface area contributed by atoms with Crippen LogP contribution in [0.5, 0.6) is 11.5 Å². The first-order valence-electron chi connectivity index (χ1n) is 9.16. The topological polar surface area (TPSA) is 67.9 Å². The summed E-state index contributed by atoms with van der Waals surface area (Å²) in [7, 11) is -1.93. The molecule has 0 amide bonds. The van der Waals surface area contributed by atoms with Crippen LogP contribution in [0.2, 0.25) is 0 Å². The van der Waals surface area contributed by atoms with Crippen LogP contribution < -0.4 is 19.1 Å². The zero-order valence-electron chi connectivity index (χ0n) is 15.7. The number of hydrogen-bond donors (Lipinski definition) is 1. The van der Waals surface area contributed by atoms with E-state index in [4.69, 9.17) is 9.47 Å². The number of nitrogens with one attached hydrogen (secondary N) is 1. The Bertz CT molecular complexity index is 853. The van der Waals surface area contributed by atoms with Gasteiger partial charge in [0.1, 0.15) is 11.5 Å². The number of benzene rings is 2. The lowest BCUT2D eigenvalue weighted by atomic mass is 10.1. The molecule has 0 bridgehead atoms. The van der Waals surface area contributed by atoms with Gasteiger partial charge >= 0.3 is 0 Å².